The Labute approximate surface area is 206 Å². The van der Waals surface area contributed by atoms with E-state index in [9.17, 15) is 14.4 Å². The molecule has 0 radical (unpaired) electrons. The first-order valence-corrected chi connectivity index (χ1v) is 11.5. The zero-order valence-electron chi connectivity index (χ0n) is 19.8. The Balaban J connectivity index is 1.33. The van der Waals surface area contributed by atoms with E-state index in [-0.39, 0.29) is 17.9 Å². The maximum absolute atomic E-state index is 13.1. The topological polar surface area (TPSA) is 132 Å². The van der Waals surface area contributed by atoms with Crippen molar-refractivity contribution in [3.05, 3.63) is 65.4 Å². The number of imidazole rings is 1. The molecule has 0 aliphatic carbocycles. The monoisotopic (exact) mass is 488 g/mol. The van der Waals surface area contributed by atoms with E-state index in [0.29, 0.717) is 60.2 Å². The fraction of sp³-hybridized carbons (Fsp3) is 0.280. The van der Waals surface area contributed by atoms with Gasteiger partial charge in [0.2, 0.25) is 11.7 Å². The van der Waals surface area contributed by atoms with E-state index in [2.05, 4.69) is 20.4 Å². The van der Waals surface area contributed by atoms with Gasteiger partial charge in [0.1, 0.15) is 17.6 Å². The number of rotatable bonds is 7. The van der Waals surface area contributed by atoms with Gasteiger partial charge in [-0.15, -0.1) is 0 Å². The molecule has 1 aliphatic heterocycles. The highest BCUT2D eigenvalue weighted by molar-refractivity contribution is 6.04. The first kappa shape index (κ1) is 23.2. The summed E-state index contributed by atoms with van der Waals surface area (Å²) in [4.78, 5) is 45.8. The smallest absolute Gasteiger partial charge is 0.409 e. The van der Waals surface area contributed by atoms with Crippen molar-refractivity contribution in [2.24, 2.45) is 0 Å². The quantitative estimate of drug-likeness (QED) is 0.392. The number of nitrogens with one attached hydrogen (secondary N) is 1. The molecule has 1 N–H and O–H groups in total. The van der Waals surface area contributed by atoms with Gasteiger partial charge in [0.05, 0.1) is 19.2 Å². The van der Waals surface area contributed by atoms with Gasteiger partial charge in [-0.1, -0.05) is 23.4 Å². The predicted molar refractivity (Wildman–Crippen MR) is 129 cm³/mol. The minimum atomic E-state index is -0.381. The van der Waals surface area contributed by atoms with Crippen LogP contribution in [0.4, 0.5) is 10.5 Å². The molecule has 0 atom stereocenters. The fourth-order valence-corrected chi connectivity index (χ4v) is 4.08. The van der Waals surface area contributed by atoms with Crippen molar-refractivity contribution in [1.29, 1.82) is 0 Å². The average molecular weight is 489 g/mol. The summed E-state index contributed by atoms with van der Waals surface area (Å²) in [5, 5.41) is 7.04. The summed E-state index contributed by atoms with van der Waals surface area (Å²) in [7, 11) is 1.34. The van der Waals surface area contributed by atoms with Crippen LogP contribution in [0.25, 0.3) is 17.0 Å². The molecule has 4 heterocycles. The molecular formula is C25H24N6O5. The van der Waals surface area contributed by atoms with Crippen LogP contribution in [0.2, 0.25) is 0 Å². The number of likely N-dealkylation sites (tertiary alicyclic amines) is 1. The van der Waals surface area contributed by atoms with E-state index in [1.54, 1.807) is 15.4 Å². The Bertz CT molecular complexity index is 1450. The van der Waals surface area contributed by atoms with Gasteiger partial charge < -0.3 is 24.3 Å². The Morgan fingerprint density at radius 1 is 1.25 bits per heavy atom. The molecule has 36 heavy (non-hydrogen) atoms. The lowest BCUT2D eigenvalue weighted by molar-refractivity contribution is -0.107. The van der Waals surface area contributed by atoms with Crippen molar-refractivity contribution >= 4 is 29.6 Å². The second kappa shape index (κ2) is 9.61. The van der Waals surface area contributed by atoms with Crippen molar-refractivity contribution in [1.82, 2.24) is 24.4 Å². The number of ether oxygens (including phenoxy) is 1. The Kier molecular flexibility index (Phi) is 6.19. The summed E-state index contributed by atoms with van der Waals surface area (Å²) >= 11 is 0. The first-order chi connectivity index (χ1) is 17.5. The Morgan fingerprint density at radius 3 is 2.86 bits per heavy atom. The van der Waals surface area contributed by atoms with Crippen LogP contribution in [0.15, 0.2) is 47.2 Å². The molecule has 5 rings (SSSR count). The maximum atomic E-state index is 13.1. The molecule has 4 aromatic rings. The average Bonchev–Trinajstić information content (AvgIpc) is 3.50. The Hall–Kier alpha value is -4.54. The number of carbonyl (C=O) groups excluding carboxylic acids is 3. The van der Waals surface area contributed by atoms with Crippen LogP contribution in [0.5, 0.6) is 0 Å². The number of hydrogen-bond acceptors (Lipinski definition) is 8. The van der Waals surface area contributed by atoms with Crippen LogP contribution < -0.4 is 5.32 Å². The standard InChI is InChI=1S/C25H24N6O5/c1-15-5-7-17(22-28-24(36-29-22)18-13-30(14-18)25(34)35-2)10-19(15)27-23(33)20-11-26-21-8-6-16(4-3-9-32)12-31(20)21/h5-12,18H,3-4,13-14H2,1-2H3,(H,27,33). The molecule has 1 aromatic carbocycles. The number of fused-ring (bicyclic) bond motifs is 1. The predicted octanol–water partition coefficient (Wildman–Crippen LogP) is 3.24. The highest BCUT2D eigenvalue weighted by atomic mass is 16.5. The molecule has 184 valence electrons. The second-order valence-corrected chi connectivity index (χ2v) is 8.63. The lowest BCUT2D eigenvalue weighted by atomic mass is 10.0. The van der Waals surface area contributed by atoms with Crippen molar-refractivity contribution in [2.45, 2.75) is 25.7 Å². The number of hydrogen-bond donors (Lipinski definition) is 1. The van der Waals surface area contributed by atoms with Gasteiger partial charge in [-0.3, -0.25) is 9.20 Å². The van der Waals surface area contributed by atoms with Crippen molar-refractivity contribution in [3.8, 4) is 11.4 Å². The highest BCUT2D eigenvalue weighted by Gasteiger charge is 2.36. The van der Waals surface area contributed by atoms with Gasteiger partial charge in [-0.25, -0.2) is 9.78 Å². The van der Waals surface area contributed by atoms with E-state index in [4.69, 9.17) is 9.26 Å². The number of carbonyl (C=O) groups is 3. The number of aromatic nitrogens is 4. The number of aryl methyl sites for hydroxylation is 2. The zero-order valence-corrected chi connectivity index (χ0v) is 19.8. The number of amides is 2. The molecular weight excluding hydrogens is 464 g/mol. The van der Waals surface area contributed by atoms with E-state index in [1.165, 1.54) is 13.3 Å². The van der Waals surface area contributed by atoms with E-state index < -0.39 is 0 Å². The molecule has 11 nitrogen and oxygen atoms in total. The molecule has 3 aromatic heterocycles. The van der Waals surface area contributed by atoms with Crippen LogP contribution in [0.3, 0.4) is 0 Å². The molecule has 2 amide bonds. The van der Waals surface area contributed by atoms with Gasteiger partial charge in [-0.2, -0.15) is 4.98 Å². The number of anilines is 1. The number of methoxy groups -OCH3 is 1. The largest absolute Gasteiger partial charge is 0.453 e. The normalized spacial score (nSPS) is 13.4. The number of nitrogens with zero attached hydrogens (tertiary/aromatic N) is 5. The van der Waals surface area contributed by atoms with Gasteiger partial charge in [0, 0.05) is 37.0 Å². The van der Waals surface area contributed by atoms with Crippen LogP contribution in [0.1, 0.15) is 39.8 Å². The SMILES string of the molecule is COC(=O)N1CC(c2nc(-c3ccc(C)c(NC(=O)c4cnc5ccc(CCC=O)cn45)c3)no2)C1. The molecule has 0 unspecified atom stereocenters. The maximum Gasteiger partial charge on any atom is 0.409 e. The molecule has 0 bridgehead atoms. The van der Waals surface area contributed by atoms with Crippen LogP contribution in [-0.2, 0) is 16.0 Å². The first-order valence-electron chi connectivity index (χ1n) is 11.5. The molecule has 1 fully saturated rings. The van der Waals surface area contributed by atoms with E-state index in [0.717, 1.165) is 17.4 Å². The molecule has 1 saturated heterocycles. The Morgan fingerprint density at radius 2 is 2.08 bits per heavy atom. The fourth-order valence-electron chi connectivity index (χ4n) is 4.08. The lowest BCUT2D eigenvalue weighted by Crippen LogP contribution is -2.48. The summed E-state index contributed by atoms with van der Waals surface area (Å²) in [6.07, 6.45) is 4.84. The third-order valence-electron chi connectivity index (χ3n) is 6.20. The zero-order chi connectivity index (χ0) is 25.2. The summed E-state index contributed by atoms with van der Waals surface area (Å²) in [5.74, 6) is 0.488. The third kappa shape index (κ3) is 4.42. The molecule has 0 saturated carbocycles. The molecule has 1 aliphatic rings. The highest BCUT2D eigenvalue weighted by Crippen LogP contribution is 2.29. The molecule has 0 spiro atoms. The van der Waals surface area contributed by atoms with Gasteiger partial charge in [0.15, 0.2) is 0 Å². The van der Waals surface area contributed by atoms with Gasteiger partial charge in [-0.05, 0) is 36.6 Å². The summed E-state index contributed by atoms with van der Waals surface area (Å²) in [6.45, 7) is 2.81. The summed E-state index contributed by atoms with van der Waals surface area (Å²) < 4.78 is 11.8. The van der Waals surface area contributed by atoms with Crippen molar-refractivity contribution in [2.75, 3.05) is 25.5 Å². The van der Waals surface area contributed by atoms with Crippen molar-refractivity contribution < 1.29 is 23.6 Å². The van der Waals surface area contributed by atoms with Crippen LogP contribution in [-0.4, -0.2) is 62.9 Å². The van der Waals surface area contributed by atoms with Gasteiger partial charge >= 0.3 is 6.09 Å². The third-order valence-corrected chi connectivity index (χ3v) is 6.20. The van der Waals surface area contributed by atoms with Crippen molar-refractivity contribution in [3.63, 3.8) is 0 Å². The lowest BCUT2D eigenvalue weighted by Gasteiger charge is -2.35. The number of aldehydes is 1. The van der Waals surface area contributed by atoms with Crippen LogP contribution in [0, 0.1) is 6.92 Å². The summed E-state index contributed by atoms with van der Waals surface area (Å²) in [5.41, 5.74) is 4.12. The number of pyridine rings is 1. The second-order valence-electron chi connectivity index (χ2n) is 8.63. The minimum absolute atomic E-state index is 0.0402. The summed E-state index contributed by atoms with van der Waals surface area (Å²) in [6, 6.07) is 9.24. The van der Waals surface area contributed by atoms with E-state index in [1.807, 2.05) is 37.4 Å². The van der Waals surface area contributed by atoms with Crippen LogP contribution >= 0.6 is 0 Å². The van der Waals surface area contributed by atoms with Gasteiger partial charge in [0.25, 0.3) is 5.91 Å². The minimum Gasteiger partial charge on any atom is -0.453 e. The molecule has 11 heteroatoms. The van der Waals surface area contributed by atoms with E-state index >= 15 is 0 Å². The number of benzene rings is 1.